The fourth-order valence-corrected chi connectivity index (χ4v) is 1.55. The first-order valence-electron chi connectivity index (χ1n) is 3.80. The van der Waals surface area contributed by atoms with E-state index >= 15 is 0 Å². The van der Waals surface area contributed by atoms with Gasteiger partial charge in [-0.05, 0) is 27.1 Å². The highest BCUT2D eigenvalue weighted by atomic mass is 15.2. The summed E-state index contributed by atoms with van der Waals surface area (Å²) in [6.45, 7) is 2.99. The maximum atomic E-state index is 5.65. The number of hydrogen-bond donors (Lipinski definition) is 2. The molecule has 3 heteroatoms. The van der Waals surface area contributed by atoms with E-state index in [0.29, 0.717) is 0 Å². The van der Waals surface area contributed by atoms with Gasteiger partial charge < -0.3 is 16.0 Å². The number of nitrogens with two attached hydrogens (primary N) is 1. The van der Waals surface area contributed by atoms with Crippen LogP contribution in [0.5, 0.6) is 0 Å². The van der Waals surface area contributed by atoms with Gasteiger partial charge in [-0.2, -0.15) is 0 Å². The first kappa shape index (κ1) is 7.98. The molecular formula is C7H17N3. The summed E-state index contributed by atoms with van der Waals surface area (Å²) in [6.07, 6.45) is 1.18. The van der Waals surface area contributed by atoms with E-state index in [-0.39, 0.29) is 5.54 Å². The average molecular weight is 143 g/mol. The quantitative estimate of drug-likeness (QED) is 0.534. The van der Waals surface area contributed by atoms with Crippen LogP contribution in [0.1, 0.15) is 6.42 Å². The third kappa shape index (κ3) is 1.31. The largest absolute Gasteiger partial charge is 0.329 e. The van der Waals surface area contributed by atoms with Crippen LogP contribution in [0.15, 0.2) is 0 Å². The van der Waals surface area contributed by atoms with Gasteiger partial charge in [-0.3, -0.25) is 0 Å². The van der Waals surface area contributed by atoms with E-state index in [1.54, 1.807) is 0 Å². The Balaban J connectivity index is 2.51. The Morgan fingerprint density at radius 1 is 1.70 bits per heavy atom. The van der Waals surface area contributed by atoms with Crippen LogP contribution in [0.4, 0.5) is 0 Å². The van der Waals surface area contributed by atoms with Gasteiger partial charge in [0.15, 0.2) is 0 Å². The normalized spacial score (nSPS) is 35.1. The summed E-state index contributed by atoms with van der Waals surface area (Å²) in [5.41, 5.74) is 5.86. The zero-order chi connectivity index (χ0) is 7.61. The van der Waals surface area contributed by atoms with E-state index in [0.717, 1.165) is 19.6 Å². The van der Waals surface area contributed by atoms with E-state index in [1.165, 1.54) is 6.42 Å². The molecule has 1 aliphatic rings. The van der Waals surface area contributed by atoms with E-state index in [2.05, 4.69) is 17.3 Å². The standard InChI is InChI=1S/C7H17N3/c1-9-7(5-8)3-4-10(2)6-7/h9H,3-6,8H2,1-2H3. The highest BCUT2D eigenvalue weighted by Gasteiger charge is 2.33. The summed E-state index contributed by atoms with van der Waals surface area (Å²) >= 11 is 0. The summed E-state index contributed by atoms with van der Waals surface area (Å²) in [5, 5.41) is 3.29. The van der Waals surface area contributed by atoms with Gasteiger partial charge in [-0.25, -0.2) is 0 Å². The van der Waals surface area contributed by atoms with Crippen molar-refractivity contribution in [3.8, 4) is 0 Å². The smallest absolute Gasteiger partial charge is 0.0442 e. The van der Waals surface area contributed by atoms with Gasteiger partial charge in [0.05, 0.1) is 0 Å². The molecule has 10 heavy (non-hydrogen) atoms. The van der Waals surface area contributed by atoms with Crippen molar-refractivity contribution in [3.63, 3.8) is 0 Å². The summed E-state index contributed by atoms with van der Waals surface area (Å²) in [6, 6.07) is 0. The molecule has 0 aromatic rings. The second-order valence-corrected chi connectivity index (χ2v) is 3.22. The first-order chi connectivity index (χ1) is 4.72. The Bertz CT molecular complexity index is 109. The van der Waals surface area contributed by atoms with Gasteiger partial charge in [0.2, 0.25) is 0 Å². The molecular weight excluding hydrogens is 126 g/mol. The van der Waals surface area contributed by atoms with Crippen LogP contribution in [0.25, 0.3) is 0 Å². The van der Waals surface area contributed by atoms with Gasteiger partial charge in [0.25, 0.3) is 0 Å². The Labute approximate surface area is 62.6 Å². The SMILES string of the molecule is CNC1(CN)CCN(C)C1. The second kappa shape index (κ2) is 2.86. The third-order valence-corrected chi connectivity index (χ3v) is 2.47. The van der Waals surface area contributed by atoms with Crippen molar-refractivity contribution in [2.24, 2.45) is 5.73 Å². The fourth-order valence-electron chi connectivity index (χ4n) is 1.55. The molecule has 0 aromatic heterocycles. The molecule has 1 aliphatic heterocycles. The number of hydrogen-bond acceptors (Lipinski definition) is 3. The summed E-state index contributed by atoms with van der Waals surface area (Å²) in [7, 11) is 4.13. The highest BCUT2D eigenvalue weighted by Crippen LogP contribution is 2.17. The third-order valence-electron chi connectivity index (χ3n) is 2.47. The molecule has 1 fully saturated rings. The van der Waals surface area contributed by atoms with Crippen LogP contribution in [0.3, 0.4) is 0 Å². The summed E-state index contributed by atoms with van der Waals surface area (Å²) in [5.74, 6) is 0. The van der Waals surface area contributed by atoms with Crippen LogP contribution in [-0.2, 0) is 0 Å². The number of nitrogens with one attached hydrogen (secondary N) is 1. The van der Waals surface area contributed by atoms with E-state index in [4.69, 9.17) is 5.73 Å². The van der Waals surface area contributed by atoms with Crippen LogP contribution >= 0.6 is 0 Å². The van der Waals surface area contributed by atoms with Crippen molar-refractivity contribution in [3.05, 3.63) is 0 Å². The molecule has 1 atom stereocenters. The lowest BCUT2D eigenvalue weighted by Crippen LogP contribution is -2.51. The fraction of sp³-hybridized carbons (Fsp3) is 1.00. The number of nitrogens with zero attached hydrogens (tertiary/aromatic N) is 1. The molecule has 1 unspecified atom stereocenters. The molecule has 60 valence electrons. The minimum atomic E-state index is 0.203. The zero-order valence-corrected chi connectivity index (χ0v) is 6.85. The molecule has 0 radical (unpaired) electrons. The Hall–Kier alpha value is -0.120. The van der Waals surface area contributed by atoms with Crippen molar-refractivity contribution in [1.29, 1.82) is 0 Å². The van der Waals surface area contributed by atoms with Crippen LogP contribution in [0, 0.1) is 0 Å². The van der Waals surface area contributed by atoms with E-state index in [1.807, 2.05) is 7.05 Å². The second-order valence-electron chi connectivity index (χ2n) is 3.22. The lowest BCUT2D eigenvalue weighted by Gasteiger charge is -2.26. The number of rotatable bonds is 2. The molecule has 0 amide bonds. The molecule has 0 aliphatic carbocycles. The van der Waals surface area contributed by atoms with Gasteiger partial charge in [-0.15, -0.1) is 0 Å². The van der Waals surface area contributed by atoms with Crippen molar-refractivity contribution in [1.82, 2.24) is 10.2 Å². The van der Waals surface area contributed by atoms with Crippen LogP contribution < -0.4 is 11.1 Å². The minimum Gasteiger partial charge on any atom is -0.329 e. The van der Waals surface area contributed by atoms with Gasteiger partial charge in [0.1, 0.15) is 0 Å². The maximum absolute atomic E-state index is 5.65. The Morgan fingerprint density at radius 3 is 2.60 bits per heavy atom. The molecule has 0 saturated carbocycles. The Kier molecular flexibility index (Phi) is 2.28. The van der Waals surface area contributed by atoms with Gasteiger partial charge >= 0.3 is 0 Å². The van der Waals surface area contributed by atoms with E-state index < -0.39 is 0 Å². The van der Waals surface area contributed by atoms with Crippen LogP contribution in [-0.4, -0.2) is 44.2 Å². The topological polar surface area (TPSA) is 41.3 Å². The lowest BCUT2D eigenvalue weighted by molar-refractivity contribution is 0.335. The van der Waals surface area contributed by atoms with Crippen molar-refractivity contribution >= 4 is 0 Å². The monoisotopic (exact) mass is 143 g/mol. The lowest BCUT2D eigenvalue weighted by atomic mass is 10.00. The van der Waals surface area contributed by atoms with Crippen molar-refractivity contribution in [2.45, 2.75) is 12.0 Å². The molecule has 0 spiro atoms. The first-order valence-corrected chi connectivity index (χ1v) is 3.80. The van der Waals surface area contributed by atoms with Crippen molar-refractivity contribution in [2.75, 3.05) is 33.7 Å². The molecule has 0 bridgehead atoms. The highest BCUT2D eigenvalue weighted by molar-refractivity contribution is 4.96. The summed E-state index contributed by atoms with van der Waals surface area (Å²) < 4.78 is 0. The van der Waals surface area contributed by atoms with E-state index in [9.17, 15) is 0 Å². The predicted octanol–water partition coefficient (Wildman–Crippen LogP) is -0.761. The maximum Gasteiger partial charge on any atom is 0.0442 e. The number of likely N-dealkylation sites (tertiary alicyclic amines) is 1. The Morgan fingerprint density at radius 2 is 2.40 bits per heavy atom. The molecule has 1 saturated heterocycles. The number of likely N-dealkylation sites (N-methyl/N-ethyl adjacent to an activating group) is 2. The minimum absolute atomic E-state index is 0.203. The zero-order valence-electron chi connectivity index (χ0n) is 6.85. The molecule has 1 heterocycles. The molecule has 1 rings (SSSR count). The predicted molar refractivity (Wildman–Crippen MR) is 43.0 cm³/mol. The van der Waals surface area contributed by atoms with Gasteiger partial charge in [0, 0.05) is 18.6 Å². The average Bonchev–Trinajstić information content (AvgIpc) is 2.33. The van der Waals surface area contributed by atoms with Gasteiger partial charge in [-0.1, -0.05) is 0 Å². The molecule has 3 nitrogen and oxygen atoms in total. The molecule has 0 aromatic carbocycles. The van der Waals surface area contributed by atoms with Crippen molar-refractivity contribution < 1.29 is 0 Å². The molecule has 3 N–H and O–H groups in total. The van der Waals surface area contributed by atoms with Crippen LogP contribution in [0.2, 0.25) is 0 Å². The summed E-state index contributed by atoms with van der Waals surface area (Å²) in [4.78, 5) is 2.31.